The molecule has 5 nitrogen and oxygen atoms in total. The topological polar surface area (TPSA) is 66.5 Å². The highest BCUT2D eigenvalue weighted by Crippen LogP contribution is 2.11. The Labute approximate surface area is 84.7 Å². The van der Waals surface area contributed by atoms with Crippen molar-refractivity contribution < 1.29 is 13.2 Å². The maximum atomic E-state index is 11.5. The Morgan fingerprint density at radius 1 is 1.14 bits per heavy atom. The van der Waals surface area contributed by atoms with E-state index >= 15 is 0 Å². The quantitative estimate of drug-likeness (QED) is 0.725. The van der Waals surface area contributed by atoms with Gasteiger partial charge >= 0.3 is 10.2 Å². The first kappa shape index (κ1) is 11.5. The average Bonchev–Trinajstić information content (AvgIpc) is 2.28. The summed E-state index contributed by atoms with van der Waals surface area (Å²) in [6, 6.07) is 0. The molecule has 0 aromatic heterocycles. The van der Waals surface area contributed by atoms with Gasteiger partial charge in [-0.2, -0.15) is 12.7 Å². The second-order valence-electron chi connectivity index (χ2n) is 3.48. The van der Waals surface area contributed by atoms with Crippen LogP contribution in [0.25, 0.3) is 0 Å². The van der Waals surface area contributed by atoms with E-state index in [0.717, 1.165) is 25.7 Å². The van der Waals surface area contributed by atoms with Crippen LogP contribution in [0.5, 0.6) is 0 Å². The second-order valence-corrected chi connectivity index (χ2v) is 5.15. The molecule has 6 heteroatoms. The van der Waals surface area contributed by atoms with E-state index in [4.69, 9.17) is 0 Å². The molecule has 1 fully saturated rings. The number of carbonyl (C=O) groups is 1. The SMILES string of the molecule is CC(=O)NS(=O)(=O)N1CCCCCC1. The van der Waals surface area contributed by atoms with Crippen LogP contribution in [0.3, 0.4) is 0 Å². The van der Waals surface area contributed by atoms with Crippen molar-refractivity contribution in [3.8, 4) is 0 Å². The molecule has 0 bridgehead atoms. The molecule has 0 saturated carbocycles. The Morgan fingerprint density at radius 3 is 2.07 bits per heavy atom. The number of hydrogen-bond acceptors (Lipinski definition) is 3. The summed E-state index contributed by atoms with van der Waals surface area (Å²) >= 11 is 0. The first-order valence-corrected chi connectivity index (χ1v) is 6.25. The Morgan fingerprint density at radius 2 is 1.64 bits per heavy atom. The molecule has 1 heterocycles. The molecular weight excluding hydrogens is 204 g/mol. The number of hydrogen-bond donors (Lipinski definition) is 1. The summed E-state index contributed by atoms with van der Waals surface area (Å²) in [7, 11) is -3.57. The largest absolute Gasteiger partial charge is 0.303 e. The summed E-state index contributed by atoms with van der Waals surface area (Å²) in [6.07, 6.45) is 3.87. The molecule has 0 aliphatic carbocycles. The van der Waals surface area contributed by atoms with Crippen molar-refractivity contribution in [3.05, 3.63) is 0 Å². The van der Waals surface area contributed by atoms with Gasteiger partial charge in [0, 0.05) is 20.0 Å². The van der Waals surface area contributed by atoms with Crippen LogP contribution in [0, 0.1) is 0 Å². The van der Waals surface area contributed by atoms with Gasteiger partial charge in [-0.25, -0.2) is 4.72 Å². The molecule has 1 aliphatic rings. The Bertz CT molecular complexity index is 292. The summed E-state index contributed by atoms with van der Waals surface area (Å²) in [6.45, 7) is 2.24. The van der Waals surface area contributed by atoms with E-state index < -0.39 is 16.1 Å². The van der Waals surface area contributed by atoms with E-state index in [1.807, 2.05) is 4.72 Å². The second kappa shape index (κ2) is 4.75. The van der Waals surface area contributed by atoms with Crippen LogP contribution in [0.1, 0.15) is 32.6 Å². The van der Waals surface area contributed by atoms with Crippen LogP contribution in [0.15, 0.2) is 0 Å². The molecule has 0 radical (unpaired) electrons. The lowest BCUT2D eigenvalue weighted by atomic mass is 10.2. The molecule has 0 spiro atoms. The number of rotatable bonds is 2. The molecule has 0 atom stereocenters. The number of nitrogens with zero attached hydrogens (tertiary/aromatic N) is 1. The van der Waals surface area contributed by atoms with Crippen molar-refractivity contribution in [2.45, 2.75) is 32.6 Å². The first-order chi connectivity index (χ1) is 6.52. The fourth-order valence-corrected chi connectivity index (χ4v) is 2.76. The molecule has 1 aliphatic heterocycles. The minimum Gasteiger partial charge on any atom is -0.274 e. The highest BCUT2D eigenvalue weighted by atomic mass is 32.2. The van der Waals surface area contributed by atoms with Gasteiger partial charge in [-0.1, -0.05) is 12.8 Å². The van der Waals surface area contributed by atoms with Crippen molar-refractivity contribution in [3.63, 3.8) is 0 Å². The monoisotopic (exact) mass is 220 g/mol. The molecule has 0 unspecified atom stereocenters. The van der Waals surface area contributed by atoms with Gasteiger partial charge < -0.3 is 0 Å². The number of nitrogens with one attached hydrogen (secondary N) is 1. The predicted molar refractivity (Wildman–Crippen MR) is 52.8 cm³/mol. The van der Waals surface area contributed by atoms with E-state index in [0.29, 0.717) is 13.1 Å². The molecule has 0 aromatic rings. The fraction of sp³-hybridized carbons (Fsp3) is 0.875. The third kappa shape index (κ3) is 3.26. The Hall–Kier alpha value is -0.620. The predicted octanol–water partition coefficient (Wildman–Crippen LogP) is 0.243. The van der Waals surface area contributed by atoms with Gasteiger partial charge in [0.2, 0.25) is 5.91 Å². The maximum absolute atomic E-state index is 11.5. The van der Waals surface area contributed by atoms with Crippen LogP contribution in [-0.4, -0.2) is 31.7 Å². The lowest BCUT2D eigenvalue weighted by Crippen LogP contribution is -2.43. The van der Waals surface area contributed by atoms with Crippen LogP contribution >= 0.6 is 0 Å². The molecule has 82 valence electrons. The van der Waals surface area contributed by atoms with Gasteiger partial charge in [0.05, 0.1) is 0 Å². The zero-order valence-corrected chi connectivity index (χ0v) is 9.14. The Balaban J connectivity index is 2.64. The third-order valence-electron chi connectivity index (χ3n) is 2.18. The standard InChI is InChI=1S/C8H16N2O3S/c1-8(11)9-14(12,13)10-6-4-2-3-5-7-10/h2-7H2,1H3,(H,9,11). The lowest BCUT2D eigenvalue weighted by molar-refractivity contribution is -0.117. The zero-order valence-electron chi connectivity index (χ0n) is 8.32. The van der Waals surface area contributed by atoms with Gasteiger partial charge in [0.25, 0.3) is 0 Å². The normalized spacial score (nSPS) is 20.1. The van der Waals surface area contributed by atoms with E-state index in [1.165, 1.54) is 11.2 Å². The molecule has 1 N–H and O–H groups in total. The van der Waals surface area contributed by atoms with Crippen molar-refractivity contribution in [2.75, 3.05) is 13.1 Å². The first-order valence-electron chi connectivity index (χ1n) is 4.81. The summed E-state index contributed by atoms with van der Waals surface area (Å²) in [5.74, 6) is -0.533. The van der Waals surface area contributed by atoms with Gasteiger partial charge in [-0.15, -0.1) is 0 Å². The summed E-state index contributed by atoms with van der Waals surface area (Å²) in [5, 5.41) is 0. The lowest BCUT2D eigenvalue weighted by Gasteiger charge is -2.19. The fourth-order valence-electron chi connectivity index (χ4n) is 1.53. The minimum absolute atomic E-state index is 0.516. The van der Waals surface area contributed by atoms with Crippen LogP contribution in [-0.2, 0) is 15.0 Å². The third-order valence-corrected chi connectivity index (χ3v) is 3.77. The summed E-state index contributed by atoms with van der Waals surface area (Å²) in [4.78, 5) is 10.7. The van der Waals surface area contributed by atoms with Crippen molar-refractivity contribution in [1.29, 1.82) is 0 Å². The van der Waals surface area contributed by atoms with Crippen molar-refractivity contribution in [1.82, 2.24) is 9.03 Å². The average molecular weight is 220 g/mol. The molecule has 1 saturated heterocycles. The maximum Gasteiger partial charge on any atom is 0.303 e. The van der Waals surface area contributed by atoms with E-state index in [2.05, 4.69) is 0 Å². The van der Waals surface area contributed by atoms with E-state index in [-0.39, 0.29) is 0 Å². The molecule has 1 rings (SSSR count). The van der Waals surface area contributed by atoms with Crippen molar-refractivity contribution in [2.24, 2.45) is 0 Å². The Kier molecular flexibility index (Phi) is 3.88. The smallest absolute Gasteiger partial charge is 0.274 e. The number of carbonyl (C=O) groups excluding carboxylic acids is 1. The van der Waals surface area contributed by atoms with Crippen LogP contribution in [0.4, 0.5) is 0 Å². The van der Waals surface area contributed by atoms with Crippen molar-refractivity contribution >= 4 is 16.1 Å². The van der Waals surface area contributed by atoms with Gasteiger partial charge in [0.15, 0.2) is 0 Å². The summed E-state index contributed by atoms with van der Waals surface area (Å²) in [5.41, 5.74) is 0. The highest BCUT2D eigenvalue weighted by Gasteiger charge is 2.23. The van der Waals surface area contributed by atoms with Crippen LogP contribution < -0.4 is 4.72 Å². The molecule has 14 heavy (non-hydrogen) atoms. The molecule has 1 amide bonds. The number of amides is 1. The van der Waals surface area contributed by atoms with E-state index in [1.54, 1.807) is 0 Å². The summed E-state index contributed by atoms with van der Waals surface area (Å²) < 4.78 is 26.4. The van der Waals surface area contributed by atoms with Gasteiger partial charge in [-0.05, 0) is 12.8 Å². The van der Waals surface area contributed by atoms with Gasteiger partial charge in [-0.3, -0.25) is 4.79 Å². The van der Waals surface area contributed by atoms with Gasteiger partial charge in [0.1, 0.15) is 0 Å². The minimum atomic E-state index is -3.57. The molecular formula is C8H16N2O3S. The zero-order chi connectivity index (χ0) is 10.6. The van der Waals surface area contributed by atoms with E-state index in [9.17, 15) is 13.2 Å². The van der Waals surface area contributed by atoms with Crippen LogP contribution in [0.2, 0.25) is 0 Å². The molecule has 0 aromatic carbocycles. The highest BCUT2D eigenvalue weighted by molar-refractivity contribution is 7.87.